The smallest absolute Gasteiger partial charge is 0.346 e. The first-order chi connectivity index (χ1) is 11.9. The van der Waals surface area contributed by atoms with Gasteiger partial charge in [0.1, 0.15) is 17.3 Å². The van der Waals surface area contributed by atoms with Crippen LogP contribution in [-0.4, -0.2) is 34.8 Å². The van der Waals surface area contributed by atoms with E-state index >= 15 is 0 Å². The van der Waals surface area contributed by atoms with Crippen molar-refractivity contribution in [2.45, 2.75) is 32.8 Å². The van der Waals surface area contributed by atoms with Crippen molar-refractivity contribution in [1.29, 1.82) is 0 Å². The zero-order chi connectivity index (χ0) is 18.4. The second-order valence-corrected chi connectivity index (χ2v) is 5.51. The molecule has 1 heterocycles. The predicted octanol–water partition coefficient (Wildman–Crippen LogP) is 2.01. The molecule has 7 nitrogen and oxygen atoms in total. The summed E-state index contributed by atoms with van der Waals surface area (Å²) in [6.45, 7) is 3.36. The van der Waals surface area contributed by atoms with Gasteiger partial charge in [-0.2, -0.15) is 0 Å². The third kappa shape index (κ3) is 5.30. The molecule has 0 bridgehead atoms. The molecule has 0 aliphatic carbocycles. The average Bonchev–Trinajstić information content (AvgIpc) is 2.89. The Morgan fingerprint density at radius 2 is 2.00 bits per heavy atom. The summed E-state index contributed by atoms with van der Waals surface area (Å²) in [5.41, 5.74) is 1.60. The second-order valence-electron chi connectivity index (χ2n) is 5.51. The summed E-state index contributed by atoms with van der Waals surface area (Å²) in [5, 5.41) is 15.5. The Kier molecular flexibility index (Phi) is 6.10. The number of aliphatic carboxylic acids is 1. The zero-order valence-electron chi connectivity index (χ0n) is 13.9. The molecular formula is C17H19FN2O5. The quantitative estimate of drug-likeness (QED) is 0.755. The van der Waals surface area contributed by atoms with Crippen LogP contribution in [0.4, 0.5) is 4.39 Å². The van der Waals surface area contributed by atoms with Gasteiger partial charge in [0.05, 0.1) is 12.2 Å². The minimum Gasteiger partial charge on any atom is -0.478 e. The highest BCUT2D eigenvalue weighted by molar-refractivity contribution is 5.78. The number of ether oxygens (including phenoxy) is 1. The van der Waals surface area contributed by atoms with Gasteiger partial charge in [-0.25, -0.2) is 9.18 Å². The Balaban J connectivity index is 1.84. The van der Waals surface area contributed by atoms with Crippen LogP contribution in [0.1, 0.15) is 23.4 Å². The third-order valence-electron chi connectivity index (χ3n) is 3.64. The number of nitrogens with zero attached hydrogens (tertiary/aromatic N) is 1. The molecule has 8 heteroatoms. The Labute approximate surface area is 143 Å². The summed E-state index contributed by atoms with van der Waals surface area (Å²) >= 11 is 0. The molecular weight excluding hydrogens is 331 g/mol. The Morgan fingerprint density at radius 3 is 2.56 bits per heavy atom. The highest BCUT2D eigenvalue weighted by Crippen LogP contribution is 2.15. The van der Waals surface area contributed by atoms with E-state index in [1.54, 1.807) is 13.8 Å². The van der Waals surface area contributed by atoms with Gasteiger partial charge in [-0.15, -0.1) is 0 Å². The van der Waals surface area contributed by atoms with Crippen molar-refractivity contribution in [2.75, 3.05) is 6.54 Å². The summed E-state index contributed by atoms with van der Waals surface area (Å²) in [7, 11) is 0. The number of halogens is 1. The van der Waals surface area contributed by atoms with Crippen molar-refractivity contribution in [1.82, 2.24) is 10.5 Å². The first-order valence-electron chi connectivity index (χ1n) is 7.70. The third-order valence-corrected chi connectivity index (χ3v) is 3.64. The van der Waals surface area contributed by atoms with Gasteiger partial charge < -0.3 is 19.7 Å². The second kappa shape index (κ2) is 8.27. The monoisotopic (exact) mass is 350 g/mol. The van der Waals surface area contributed by atoms with Crippen LogP contribution in [0.5, 0.6) is 5.75 Å². The number of benzene rings is 1. The van der Waals surface area contributed by atoms with Crippen LogP contribution < -0.4 is 10.1 Å². The lowest BCUT2D eigenvalue weighted by Crippen LogP contribution is -2.40. The van der Waals surface area contributed by atoms with Crippen LogP contribution in [0.3, 0.4) is 0 Å². The molecule has 0 aliphatic heterocycles. The molecule has 25 heavy (non-hydrogen) atoms. The average molecular weight is 350 g/mol. The predicted molar refractivity (Wildman–Crippen MR) is 85.8 cm³/mol. The van der Waals surface area contributed by atoms with Gasteiger partial charge in [-0.05, 0) is 44.5 Å². The number of nitrogens with one attached hydrogen (secondary N) is 1. The van der Waals surface area contributed by atoms with Crippen LogP contribution in [0.25, 0.3) is 0 Å². The summed E-state index contributed by atoms with van der Waals surface area (Å²) in [4.78, 5) is 23.2. The van der Waals surface area contributed by atoms with E-state index in [1.165, 1.54) is 12.1 Å². The van der Waals surface area contributed by atoms with Gasteiger partial charge in [-0.1, -0.05) is 5.16 Å². The number of hydrogen-bond donors (Lipinski definition) is 2. The molecule has 0 spiro atoms. The fourth-order valence-corrected chi connectivity index (χ4v) is 2.25. The number of carbonyl (C=O) groups is 2. The molecule has 2 N–H and O–H groups in total. The topological polar surface area (TPSA) is 102 Å². The van der Waals surface area contributed by atoms with Crippen LogP contribution in [0, 0.1) is 19.7 Å². The minimum atomic E-state index is -1.27. The van der Waals surface area contributed by atoms with Crippen molar-refractivity contribution >= 4 is 11.9 Å². The maximum atomic E-state index is 12.9. The standard InChI is InChI=1S/C17H19FN2O5/c1-10-14(11(2)25-20-10)7-8-16(21)19-9-15(17(22)23)24-13-5-3-12(18)4-6-13/h3-6,15H,7-9H2,1-2H3,(H,19,21)(H,22,23). The molecule has 2 rings (SSSR count). The van der Waals surface area contributed by atoms with Gasteiger partial charge in [0, 0.05) is 12.0 Å². The number of carboxylic acids is 1. The van der Waals surface area contributed by atoms with Crippen LogP contribution in [-0.2, 0) is 16.0 Å². The Bertz CT molecular complexity index is 722. The van der Waals surface area contributed by atoms with E-state index in [-0.39, 0.29) is 24.6 Å². The minimum absolute atomic E-state index is 0.172. The number of rotatable bonds is 8. The first-order valence-corrected chi connectivity index (χ1v) is 7.70. The SMILES string of the molecule is Cc1noc(C)c1CCC(=O)NCC(Oc1ccc(F)cc1)C(=O)O. The molecule has 134 valence electrons. The van der Waals surface area contributed by atoms with Gasteiger partial charge in [-0.3, -0.25) is 4.79 Å². The number of amides is 1. The molecule has 1 atom stereocenters. The summed E-state index contributed by atoms with van der Waals surface area (Å²) in [6, 6.07) is 4.97. The van der Waals surface area contributed by atoms with Gasteiger partial charge >= 0.3 is 5.97 Å². The summed E-state index contributed by atoms with van der Waals surface area (Å²) in [5.74, 6) is -1.12. The van der Waals surface area contributed by atoms with Crippen LogP contribution in [0.2, 0.25) is 0 Å². The molecule has 1 amide bonds. The van der Waals surface area contributed by atoms with Crippen molar-refractivity contribution in [3.8, 4) is 5.75 Å². The van der Waals surface area contributed by atoms with Crippen molar-refractivity contribution in [2.24, 2.45) is 0 Å². The normalized spacial score (nSPS) is 11.8. The van der Waals surface area contributed by atoms with Crippen LogP contribution >= 0.6 is 0 Å². The number of aromatic nitrogens is 1. The van der Waals surface area contributed by atoms with Crippen molar-refractivity contribution in [3.63, 3.8) is 0 Å². The fraction of sp³-hybridized carbons (Fsp3) is 0.353. The number of aryl methyl sites for hydroxylation is 2. The van der Waals surface area contributed by atoms with Gasteiger partial charge in [0.15, 0.2) is 0 Å². The lowest BCUT2D eigenvalue weighted by atomic mass is 10.1. The number of carbonyl (C=O) groups excluding carboxylic acids is 1. The molecule has 0 aliphatic rings. The number of hydrogen-bond acceptors (Lipinski definition) is 5. The van der Waals surface area contributed by atoms with E-state index < -0.39 is 17.9 Å². The molecule has 0 saturated heterocycles. The maximum absolute atomic E-state index is 12.9. The lowest BCUT2D eigenvalue weighted by molar-refractivity contribution is -0.145. The molecule has 1 aromatic carbocycles. The fourth-order valence-electron chi connectivity index (χ4n) is 2.25. The van der Waals surface area contributed by atoms with Gasteiger partial charge in [0.2, 0.25) is 12.0 Å². The zero-order valence-corrected chi connectivity index (χ0v) is 13.9. The first kappa shape index (κ1) is 18.4. The molecule has 0 radical (unpaired) electrons. The van der Waals surface area contributed by atoms with E-state index in [1.807, 2.05) is 0 Å². The van der Waals surface area contributed by atoms with Crippen molar-refractivity contribution in [3.05, 3.63) is 47.1 Å². The number of carboxylic acid groups (broad SMARTS) is 1. The molecule has 1 aromatic heterocycles. The van der Waals surface area contributed by atoms with Crippen molar-refractivity contribution < 1.29 is 28.3 Å². The highest BCUT2D eigenvalue weighted by Gasteiger charge is 2.20. The van der Waals surface area contributed by atoms with Crippen LogP contribution in [0.15, 0.2) is 28.8 Å². The molecule has 2 aromatic rings. The highest BCUT2D eigenvalue weighted by atomic mass is 19.1. The van der Waals surface area contributed by atoms with Gasteiger partial charge in [0.25, 0.3) is 0 Å². The van der Waals surface area contributed by atoms with E-state index in [0.717, 1.165) is 23.4 Å². The molecule has 0 fully saturated rings. The van der Waals surface area contributed by atoms with E-state index in [4.69, 9.17) is 9.26 Å². The summed E-state index contributed by atoms with van der Waals surface area (Å²) in [6.07, 6.45) is -0.650. The van der Waals surface area contributed by atoms with E-state index in [2.05, 4.69) is 10.5 Å². The maximum Gasteiger partial charge on any atom is 0.346 e. The lowest BCUT2D eigenvalue weighted by Gasteiger charge is -2.16. The Morgan fingerprint density at radius 1 is 1.32 bits per heavy atom. The van der Waals surface area contributed by atoms with E-state index in [0.29, 0.717) is 12.2 Å². The molecule has 1 unspecified atom stereocenters. The largest absolute Gasteiger partial charge is 0.478 e. The molecule has 0 saturated carbocycles. The Hall–Kier alpha value is -2.90. The summed E-state index contributed by atoms with van der Waals surface area (Å²) < 4.78 is 23.1. The van der Waals surface area contributed by atoms with E-state index in [9.17, 15) is 19.1 Å².